The first-order valence-corrected chi connectivity index (χ1v) is 9.87. The molecular weight excluding hydrogens is 378 g/mol. The van der Waals surface area contributed by atoms with Crippen molar-refractivity contribution in [2.75, 3.05) is 19.6 Å². The molecule has 1 aliphatic rings. The second-order valence-corrected chi connectivity index (χ2v) is 8.27. The Hall–Kier alpha value is -2.00. The molecular formula is C17H18ClN3O4S. The summed E-state index contributed by atoms with van der Waals surface area (Å²) in [6.45, 7) is 2.60. The van der Waals surface area contributed by atoms with E-state index in [4.69, 9.17) is 11.6 Å². The highest BCUT2D eigenvalue weighted by Gasteiger charge is 2.39. The van der Waals surface area contributed by atoms with Crippen LogP contribution in [0.15, 0.2) is 47.4 Å². The van der Waals surface area contributed by atoms with Gasteiger partial charge in [0.2, 0.25) is 0 Å². The van der Waals surface area contributed by atoms with Crippen LogP contribution in [0.4, 0.5) is 5.69 Å². The number of halogens is 1. The maximum absolute atomic E-state index is 13.4. The summed E-state index contributed by atoms with van der Waals surface area (Å²) in [7, 11) is -4.09. The number of hydrogen-bond acceptors (Lipinski definition) is 5. The van der Waals surface area contributed by atoms with E-state index in [2.05, 4.69) is 5.32 Å². The third-order valence-corrected chi connectivity index (χ3v) is 6.86. The van der Waals surface area contributed by atoms with Crippen LogP contribution in [-0.4, -0.2) is 37.3 Å². The lowest BCUT2D eigenvalue weighted by Gasteiger charge is -2.36. The van der Waals surface area contributed by atoms with E-state index in [-0.39, 0.29) is 11.4 Å². The van der Waals surface area contributed by atoms with Gasteiger partial charge in [0.25, 0.3) is 15.7 Å². The summed E-state index contributed by atoms with van der Waals surface area (Å²) in [5, 5.41) is 15.0. The van der Waals surface area contributed by atoms with Crippen molar-refractivity contribution in [3.8, 4) is 0 Å². The predicted molar refractivity (Wildman–Crippen MR) is 98.8 cm³/mol. The van der Waals surface area contributed by atoms with Gasteiger partial charge in [-0.05, 0) is 24.1 Å². The van der Waals surface area contributed by atoms with Crippen LogP contribution in [-0.2, 0) is 10.0 Å². The topological polar surface area (TPSA) is 92.5 Å². The smallest absolute Gasteiger partial charge is 0.289 e. The molecule has 7 nitrogen and oxygen atoms in total. The second kappa shape index (κ2) is 7.32. The molecule has 26 heavy (non-hydrogen) atoms. The van der Waals surface area contributed by atoms with Crippen LogP contribution < -0.4 is 5.32 Å². The SMILES string of the molecule is Cc1cccc([N+](=O)[O-])c1S(=O)(=O)N1CCNCC1c1ccccc1Cl. The van der Waals surface area contributed by atoms with Gasteiger partial charge in [-0.2, -0.15) is 4.31 Å². The van der Waals surface area contributed by atoms with E-state index in [9.17, 15) is 18.5 Å². The van der Waals surface area contributed by atoms with E-state index in [0.717, 1.165) is 0 Å². The summed E-state index contributed by atoms with van der Waals surface area (Å²) in [5.74, 6) is 0. The number of sulfonamides is 1. The zero-order valence-electron chi connectivity index (χ0n) is 14.1. The molecule has 1 unspecified atom stereocenters. The number of nitro groups is 1. The van der Waals surface area contributed by atoms with Crippen LogP contribution in [0.5, 0.6) is 0 Å². The molecule has 1 N–H and O–H groups in total. The highest BCUT2D eigenvalue weighted by Crippen LogP contribution is 2.36. The Morgan fingerprint density at radius 1 is 1.23 bits per heavy atom. The third kappa shape index (κ3) is 3.33. The molecule has 1 atom stereocenters. The molecule has 0 spiro atoms. The van der Waals surface area contributed by atoms with Crippen LogP contribution in [0.25, 0.3) is 0 Å². The first-order chi connectivity index (χ1) is 12.3. The highest BCUT2D eigenvalue weighted by atomic mass is 35.5. The minimum Gasteiger partial charge on any atom is -0.313 e. The van der Waals surface area contributed by atoms with Crippen molar-refractivity contribution >= 4 is 27.3 Å². The van der Waals surface area contributed by atoms with Gasteiger partial charge < -0.3 is 5.32 Å². The van der Waals surface area contributed by atoms with Crippen molar-refractivity contribution in [2.24, 2.45) is 0 Å². The van der Waals surface area contributed by atoms with Gasteiger partial charge in [0.15, 0.2) is 4.90 Å². The Kier molecular flexibility index (Phi) is 5.29. The van der Waals surface area contributed by atoms with E-state index in [1.54, 1.807) is 37.3 Å². The Balaban J connectivity index is 2.14. The summed E-state index contributed by atoms with van der Waals surface area (Å²) < 4.78 is 28.1. The molecule has 0 saturated carbocycles. The van der Waals surface area contributed by atoms with Crippen molar-refractivity contribution in [2.45, 2.75) is 17.9 Å². The number of nitrogens with one attached hydrogen (secondary N) is 1. The zero-order valence-corrected chi connectivity index (χ0v) is 15.6. The predicted octanol–water partition coefficient (Wildman–Crippen LogP) is 2.89. The van der Waals surface area contributed by atoms with Crippen LogP contribution in [0.3, 0.4) is 0 Å². The highest BCUT2D eigenvalue weighted by molar-refractivity contribution is 7.89. The van der Waals surface area contributed by atoms with E-state index in [0.29, 0.717) is 29.2 Å². The fraction of sp³-hybridized carbons (Fsp3) is 0.294. The Labute approximate surface area is 156 Å². The van der Waals surface area contributed by atoms with Crippen molar-refractivity contribution in [1.29, 1.82) is 0 Å². The molecule has 9 heteroatoms. The summed E-state index contributed by atoms with van der Waals surface area (Å²) in [6, 6.07) is 10.8. The van der Waals surface area contributed by atoms with Crippen LogP contribution >= 0.6 is 11.6 Å². The molecule has 2 aromatic carbocycles. The summed E-state index contributed by atoms with van der Waals surface area (Å²) in [4.78, 5) is 10.5. The lowest BCUT2D eigenvalue weighted by atomic mass is 10.1. The standard InChI is InChI=1S/C17H18ClN3O4S/c1-12-5-4-8-15(21(22)23)17(12)26(24,25)20-10-9-19-11-16(20)13-6-2-3-7-14(13)18/h2-8,16,19H,9-11H2,1H3. The third-order valence-electron chi connectivity index (χ3n) is 4.41. The lowest BCUT2D eigenvalue weighted by molar-refractivity contribution is -0.387. The molecule has 0 amide bonds. The number of piperazine rings is 1. The fourth-order valence-corrected chi connectivity index (χ4v) is 5.45. The molecule has 0 bridgehead atoms. The van der Waals surface area contributed by atoms with Crippen molar-refractivity contribution in [3.05, 3.63) is 68.7 Å². The lowest BCUT2D eigenvalue weighted by Crippen LogP contribution is -2.48. The normalized spacial score (nSPS) is 18.6. The fourth-order valence-electron chi connectivity index (χ4n) is 3.22. The number of hydrogen-bond donors (Lipinski definition) is 1. The Bertz CT molecular complexity index is 949. The molecule has 0 aromatic heterocycles. The maximum Gasteiger partial charge on any atom is 0.289 e. The van der Waals surface area contributed by atoms with Crippen molar-refractivity contribution < 1.29 is 13.3 Å². The van der Waals surface area contributed by atoms with Gasteiger partial charge in [0.1, 0.15) is 0 Å². The monoisotopic (exact) mass is 395 g/mol. The molecule has 1 fully saturated rings. The molecule has 1 saturated heterocycles. The summed E-state index contributed by atoms with van der Waals surface area (Å²) in [5.41, 5.74) is 0.596. The second-order valence-electron chi connectivity index (χ2n) is 6.04. The number of nitro benzene ring substituents is 1. The van der Waals surface area contributed by atoms with Crippen LogP contribution in [0.2, 0.25) is 5.02 Å². The average Bonchev–Trinajstić information content (AvgIpc) is 2.61. The van der Waals surface area contributed by atoms with Gasteiger partial charge in [0.05, 0.1) is 11.0 Å². The number of benzene rings is 2. The van der Waals surface area contributed by atoms with E-state index in [1.807, 2.05) is 0 Å². The van der Waals surface area contributed by atoms with Crippen molar-refractivity contribution in [1.82, 2.24) is 9.62 Å². The van der Waals surface area contributed by atoms with Crippen LogP contribution in [0, 0.1) is 17.0 Å². The first-order valence-electron chi connectivity index (χ1n) is 8.05. The molecule has 1 heterocycles. The van der Waals surface area contributed by atoms with E-state index >= 15 is 0 Å². The summed E-state index contributed by atoms with van der Waals surface area (Å²) >= 11 is 6.27. The quantitative estimate of drug-likeness (QED) is 0.634. The molecule has 138 valence electrons. The van der Waals surface area contributed by atoms with Crippen molar-refractivity contribution in [3.63, 3.8) is 0 Å². The molecule has 0 radical (unpaired) electrons. The average molecular weight is 396 g/mol. The minimum atomic E-state index is -4.09. The van der Waals surface area contributed by atoms with E-state index < -0.39 is 26.7 Å². The van der Waals surface area contributed by atoms with Gasteiger partial charge in [-0.15, -0.1) is 0 Å². The van der Waals surface area contributed by atoms with Gasteiger partial charge in [-0.3, -0.25) is 10.1 Å². The molecule has 0 aliphatic carbocycles. The number of aryl methyl sites for hydroxylation is 1. The van der Waals surface area contributed by atoms with E-state index in [1.165, 1.54) is 16.4 Å². The maximum atomic E-state index is 13.4. The number of rotatable bonds is 4. The molecule has 2 aromatic rings. The summed E-state index contributed by atoms with van der Waals surface area (Å²) in [6.07, 6.45) is 0. The largest absolute Gasteiger partial charge is 0.313 e. The van der Waals surface area contributed by atoms with Crippen LogP contribution in [0.1, 0.15) is 17.2 Å². The molecule has 1 aliphatic heterocycles. The van der Waals surface area contributed by atoms with Gasteiger partial charge in [0, 0.05) is 30.7 Å². The Morgan fingerprint density at radius 3 is 2.65 bits per heavy atom. The molecule has 3 rings (SSSR count). The first kappa shape index (κ1) is 18.8. The minimum absolute atomic E-state index is 0.198. The zero-order chi connectivity index (χ0) is 18.9. The van der Waals surface area contributed by atoms with Gasteiger partial charge >= 0.3 is 0 Å². The van der Waals surface area contributed by atoms with Gasteiger partial charge in [-0.25, -0.2) is 8.42 Å². The van der Waals surface area contributed by atoms with Gasteiger partial charge in [-0.1, -0.05) is 41.9 Å². The number of nitrogens with zero attached hydrogens (tertiary/aromatic N) is 2. The Morgan fingerprint density at radius 2 is 1.96 bits per heavy atom.